The van der Waals surface area contributed by atoms with E-state index in [2.05, 4.69) is 10.3 Å². The molecule has 34 heavy (non-hydrogen) atoms. The highest BCUT2D eigenvalue weighted by Crippen LogP contribution is 2.40. The van der Waals surface area contributed by atoms with Crippen molar-refractivity contribution in [2.24, 2.45) is 5.92 Å². The molecule has 2 aromatic rings. The Balaban J connectivity index is 1.23. The minimum atomic E-state index is -0.656. The quantitative estimate of drug-likeness (QED) is 0.720. The molecule has 1 aromatic heterocycles. The van der Waals surface area contributed by atoms with Crippen LogP contribution in [-0.2, 0) is 37.8 Å². The molecule has 3 aliphatic rings. The molecule has 0 bridgehead atoms. The standard InChI is InChI=1S/C25H32N4O5/c1-32-20-4-2-18(3-5-20)16-27-22(30)21-17-29-13-10-26-24(29)25(34-21)8-11-28(12-9-25)23(31)19-6-14-33-15-7-19/h2-5,10,13,19,21H,6-9,11-12,14-17H2,1H3,(H,27,30)/t21-/m0/s1. The molecule has 1 aromatic carbocycles. The molecule has 0 aliphatic carbocycles. The summed E-state index contributed by atoms with van der Waals surface area (Å²) in [7, 11) is 1.63. The third kappa shape index (κ3) is 4.54. The maximum atomic E-state index is 13.1. The largest absolute Gasteiger partial charge is 0.497 e. The number of hydrogen-bond acceptors (Lipinski definition) is 6. The van der Waals surface area contributed by atoms with Crippen LogP contribution in [-0.4, -0.2) is 65.8 Å². The van der Waals surface area contributed by atoms with Gasteiger partial charge in [0.1, 0.15) is 17.2 Å². The number of likely N-dealkylation sites (tertiary alicyclic amines) is 1. The van der Waals surface area contributed by atoms with Crippen LogP contribution in [0.3, 0.4) is 0 Å². The summed E-state index contributed by atoms with van der Waals surface area (Å²) in [6.45, 7) is 3.35. The van der Waals surface area contributed by atoms with E-state index >= 15 is 0 Å². The number of nitrogens with one attached hydrogen (secondary N) is 1. The van der Waals surface area contributed by atoms with Gasteiger partial charge < -0.3 is 29.0 Å². The predicted octanol–water partition coefficient (Wildman–Crippen LogP) is 1.85. The summed E-state index contributed by atoms with van der Waals surface area (Å²) in [4.78, 5) is 32.6. The van der Waals surface area contributed by atoms with Gasteiger partial charge in [-0.1, -0.05) is 12.1 Å². The maximum Gasteiger partial charge on any atom is 0.251 e. The molecule has 182 valence electrons. The summed E-state index contributed by atoms with van der Waals surface area (Å²) >= 11 is 0. The molecule has 0 unspecified atom stereocenters. The first-order chi connectivity index (χ1) is 16.6. The third-order valence-corrected chi connectivity index (χ3v) is 7.22. The smallest absolute Gasteiger partial charge is 0.251 e. The van der Waals surface area contributed by atoms with E-state index in [4.69, 9.17) is 14.2 Å². The molecule has 0 saturated carbocycles. The molecule has 9 heteroatoms. The molecule has 0 radical (unpaired) electrons. The van der Waals surface area contributed by atoms with Crippen LogP contribution in [0.2, 0.25) is 0 Å². The monoisotopic (exact) mass is 468 g/mol. The van der Waals surface area contributed by atoms with Gasteiger partial charge in [0.25, 0.3) is 5.91 Å². The highest BCUT2D eigenvalue weighted by atomic mass is 16.5. The van der Waals surface area contributed by atoms with E-state index in [-0.39, 0.29) is 17.7 Å². The highest BCUT2D eigenvalue weighted by molar-refractivity contribution is 5.81. The lowest BCUT2D eigenvalue weighted by atomic mass is 9.87. The van der Waals surface area contributed by atoms with Gasteiger partial charge in [-0.3, -0.25) is 9.59 Å². The summed E-state index contributed by atoms with van der Waals surface area (Å²) in [5.41, 5.74) is 0.332. The molecule has 2 saturated heterocycles. The van der Waals surface area contributed by atoms with Gasteiger partial charge in [-0.2, -0.15) is 0 Å². The number of amides is 2. The fraction of sp³-hybridized carbons (Fsp3) is 0.560. The Hall–Kier alpha value is -2.91. The Morgan fingerprint density at radius 3 is 2.62 bits per heavy atom. The molecule has 1 spiro atoms. The average molecular weight is 469 g/mol. The Morgan fingerprint density at radius 1 is 1.18 bits per heavy atom. The topological polar surface area (TPSA) is 94.9 Å². The van der Waals surface area contributed by atoms with Crippen molar-refractivity contribution < 1.29 is 23.8 Å². The molecule has 1 atom stereocenters. The minimum absolute atomic E-state index is 0.0496. The Kier molecular flexibility index (Phi) is 6.56. The van der Waals surface area contributed by atoms with Crippen LogP contribution in [0.4, 0.5) is 0 Å². The lowest BCUT2D eigenvalue weighted by molar-refractivity contribution is -0.177. The van der Waals surface area contributed by atoms with Gasteiger partial charge >= 0.3 is 0 Å². The number of imidazole rings is 1. The number of rotatable bonds is 5. The van der Waals surface area contributed by atoms with Crippen LogP contribution >= 0.6 is 0 Å². The van der Waals surface area contributed by atoms with E-state index in [0.717, 1.165) is 30.0 Å². The number of benzene rings is 1. The first-order valence-corrected chi connectivity index (χ1v) is 12.0. The molecular weight excluding hydrogens is 436 g/mol. The molecular formula is C25H32N4O5. The van der Waals surface area contributed by atoms with Crippen LogP contribution in [0.1, 0.15) is 37.1 Å². The molecule has 5 rings (SSSR count). The summed E-state index contributed by atoms with van der Waals surface area (Å²) in [5.74, 6) is 1.75. The number of piperidine rings is 1. The fourth-order valence-electron chi connectivity index (χ4n) is 5.21. The van der Waals surface area contributed by atoms with Crippen molar-refractivity contribution >= 4 is 11.8 Å². The zero-order chi connectivity index (χ0) is 23.5. The van der Waals surface area contributed by atoms with Crippen LogP contribution in [0.15, 0.2) is 36.7 Å². The minimum Gasteiger partial charge on any atom is -0.497 e. The molecule has 3 aliphatic heterocycles. The van der Waals surface area contributed by atoms with Gasteiger partial charge in [-0.15, -0.1) is 0 Å². The fourth-order valence-corrected chi connectivity index (χ4v) is 5.21. The van der Waals surface area contributed by atoms with Crippen molar-refractivity contribution in [2.45, 2.75) is 50.5 Å². The van der Waals surface area contributed by atoms with Gasteiger partial charge in [-0.05, 0) is 30.5 Å². The second-order valence-corrected chi connectivity index (χ2v) is 9.28. The van der Waals surface area contributed by atoms with Crippen LogP contribution in [0.5, 0.6) is 5.75 Å². The summed E-state index contributed by atoms with van der Waals surface area (Å²) < 4.78 is 19.1. The molecule has 2 fully saturated rings. The van der Waals surface area contributed by atoms with Crippen LogP contribution in [0, 0.1) is 5.92 Å². The summed E-state index contributed by atoms with van der Waals surface area (Å²) in [5, 5.41) is 3.01. The van der Waals surface area contributed by atoms with Gasteiger partial charge in [0, 0.05) is 64.0 Å². The van der Waals surface area contributed by atoms with Gasteiger partial charge in [-0.25, -0.2) is 4.98 Å². The molecule has 4 heterocycles. The number of fused-ring (bicyclic) bond motifs is 2. The van der Waals surface area contributed by atoms with Crippen molar-refractivity contribution in [3.8, 4) is 5.75 Å². The number of aromatic nitrogens is 2. The van der Waals surface area contributed by atoms with Gasteiger partial charge in [0.05, 0.1) is 13.7 Å². The molecule has 1 N–H and O–H groups in total. The van der Waals surface area contributed by atoms with E-state index in [1.54, 1.807) is 13.3 Å². The number of methoxy groups -OCH3 is 1. The predicted molar refractivity (Wildman–Crippen MR) is 123 cm³/mol. The average Bonchev–Trinajstić information content (AvgIpc) is 3.38. The summed E-state index contributed by atoms with van der Waals surface area (Å²) in [6, 6.07) is 7.62. The van der Waals surface area contributed by atoms with Crippen LogP contribution in [0.25, 0.3) is 0 Å². The van der Waals surface area contributed by atoms with Gasteiger partial charge in [0.15, 0.2) is 6.10 Å². The Labute approximate surface area is 199 Å². The van der Waals surface area contributed by atoms with E-state index in [9.17, 15) is 9.59 Å². The number of hydrogen-bond donors (Lipinski definition) is 1. The number of carbonyl (C=O) groups excluding carboxylic acids is 2. The maximum absolute atomic E-state index is 13.1. The zero-order valence-electron chi connectivity index (χ0n) is 19.6. The van der Waals surface area contributed by atoms with Crippen molar-refractivity contribution in [1.82, 2.24) is 19.8 Å². The normalized spacial score (nSPS) is 22.3. The molecule has 2 amide bonds. The second-order valence-electron chi connectivity index (χ2n) is 9.28. The third-order valence-electron chi connectivity index (χ3n) is 7.22. The van der Waals surface area contributed by atoms with E-state index in [1.165, 1.54) is 0 Å². The van der Waals surface area contributed by atoms with Crippen molar-refractivity contribution in [3.05, 3.63) is 48.0 Å². The Bertz CT molecular complexity index is 1010. The first kappa shape index (κ1) is 22.9. The Morgan fingerprint density at radius 2 is 1.91 bits per heavy atom. The van der Waals surface area contributed by atoms with E-state index < -0.39 is 11.7 Å². The van der Waals surface area contributed by atoms with Crippen LogP contribution < -0.4 is 10.1 Å². The van der Waals surface area contributed by atoms with Crippen molar-refractivity contribution in [3.63, 3.8) is 0 Å². The lowest BCUT2D eigenvalue weighted by Gasteiger charge is -2.46. The number of ether oxygens (including phenoxy) is 3. The lowest BCUT2D eigenvalue weighted by Crippen LogP contribution is -2.55. The molecule has 9 nitrogen and oxygen atoms in total. The second kappa shape index (κ2) is 9.76. The number of nitrogens with zero attached hydrogens (tertiary/aromatic N) is 3. The summed E-state index contributed by atoms with van der Waals surface area (Å²) in [6.07, 6.45) is 5.89. The highest BCUT2D eigenvalue weighted by Gasteiger charge is 2.48. The SMILES string of the molecule is COc1ccc(CNC(=O)[C@@H]2Cn3ccnc3C3(CCN(C(=O)C4CCOCC4)CC3)O2)cc1. The van der Waals surface area contributed by atoms with E-state index in [1.807, 2.05) is 39.9 Å². The van der Waals surface area contributed by atoms with Gasteiger partial charge in [0.2, 0.25) is 5.91 Å². The van der Waals surface area contributed by atoms with E-state index in [0.29, 0.717) is 52.2 Å². The van der Waals surface area contributed by atoms with Crippen molar-refractivity contribution in [2.75, 3.05) is 33.4 Å². The number of carbonyl (C=O) groups is 2. The van der Waals surface area contributed by atoms with Crippen molar-refractivity contribution in [1.29, 1.82) is 0 Å². The first-order valence-electron chi connectivity index (χ1n) is 12.0. The zero-order valence-corrected chi connectivity index (χ0v) is 19.6.